The predicted octanol–water partition coefficient (Wildman–Crippen LogP) is 2.35. The van der Waals surface area contributed by atoms with Crippen LogP contribution in [0.3, 0.4) is 0 Å². The molecule has 3 saturated carbocycles. The van der Waals surface area contributed by atoms with Gasteiger partial charge >= 0.3 is 5.97 Å². The van der Waals surface area contributed by atoms with E-state index in [1.165, 1.54) is 12.5 Å². The van der Waals surface area contributed by atoms with Crippen LogP contribution >= 0.6 is 0 Å². The molecule has 4 fully saturated rings. The van der Waals surface area contributed by atoms with E-state index in [2.05, 4.69) is 6.92 Å². The summed E-state index contributed by atoms with van der Waals surface area (Å²) in [5.41, 5.74) is 0.357. The number of fused-ring (bicyclic) bond motifs is 6. The lowest BCUT2D eigenvalue weighted by Crippen LogP contribution is -2.55. The number of esters is 1. The smallest absolute Gasteiger partial charge is 0.303 e. The molecule has 156 valence electrons. The number of carbonyl (C=O) groups excluding carboxylic acids is 3. The molecule has 0 aromatic rings. The summed E-state index contributed by atoms with van der Waals surface area (Å²) in [4.78, 5) is 36.0. The van der Waals surface area contributed by atoms with Gasteiger partial charge in [-0.1, -0.05) is 18.6 Å². The lowest BCUT2D eigenvalue weighted by atomic mass is 9.47. The summed E-state index contributed by atoms with van der Waals surface area (Å²) in [6.07, 6.45) is 8.44. The fourth-order valence-electron chi connectivity index (χ4n) is 7.60. The molecule has 4 aliphatic carbocycles. The van der Waals surface area contributed by atoms with Crippen molar-refractivity contribution in [1.29, 1.82) is 0 Å². The van der Waals surface area contributed by atoms with Gasteiger partial charge in [-0.3, -0.25) is 14.4 Å². The lowest BCUT2D eigenvalue weighted by molar-refractivity contribution is -0.163. The quantitative estimate of drug-likeness (QED) is 0.732. The van der Waals surface area contributed by atoms with Crippen LogP contribution < -0.4 is 0 Å². The van der Waals surface area contributed by atoms with E-state index in [0.717, 1.165) is 19.3 Å². The van der Waals surface area contributed by atoms with Gasteiger partial charge in [-0.2, -0.15) is 0 Å². The molecular formula is C23H28O6. The zero-order chi connectivity index (χ0) is 20.6. The van der Waals surface area contributed by atoms with E-state index >= 15 is 0 Å². The molecule has 1 saturated heterocycles. The number of aliphatic hydroxyl groups is 1. The molecule has 5 rings (SSSR count). The molecule has 29 heavy (non-hydrogen) atoms. The van der Waals surface area contributed by atoms with Crippen molar-refractivity contribution >= 4 is 17.5 Å². The van der Waals surface area contributed by atoms with Crippen LogP contribution in [0.2, 0.25) is 0 Å². The average molecular weight is 400 g/mol. The Morgan fingerprint density at radius 3 is 2.86 bits per heavy atom. The van der Waals surface area contributed by atoms with Crippen LogP contribution in [0, 0.1) is 34.5 Å². The number of allylic oxidation sites excluding steroid dienone is 4. The first kappa shape index (κ1) is 19.2. The molecule has 5 aliphatic rings. The van der Waals surface area contributed by atoms with Gasteiger partial charge in [0.2, 0.25) is 0 Å². The van der Waals surface area contributed by atoms with E-state index in [1.807, 2.05) is 6.08 Å². The van der Waals surface area contributed by atoms with Gasteiger partial charge in [-0.25, -0.2) is 0 Å². The summed E-state index contributed by atoms with van der Waals surface area (Å²) < 4.78 is 11.1. The maximum atomic E-state index is 12.9. The first-order valence-corrected chi connectivity index (χ1v) is 10.7. The number of aliphatic hydroxyl groups excluding tert-OH is 1. The van der Waals surface area contributed by atoms with E-state index in [-0.39, 0.29) is 47.4 Å². The van der Waals surface area contributed by atoms with E-state index in [4.69, 9.17) is 9.47 Å². The standard InChI is InChI=1S/C23H28O6/c1-12(24)28-11-18(26)17-6-5-16-15-4-3-13-9-14(25)7-8-22(13,2)20(15)19-10-23(16,17)21(27)29-19/h7-9,15-17,19-21,27H,3-6,10-11H2,1-2H3/t15-,16+,17+,19-,20-,21+,22-,23+/m0/s1. The minimum atomic E-state index is -0.970. The van der Waals surface area contributed by atoms with Crippen LogP contribution in [0.5, 0.6) is 0 Å². The highest BCUT2D eigenvalue weighted by Crippen LogP contribution is 2.70. The highest BCUT2D eigenvalue weighted by Gasteiger charge is 2.71. The molecular weight excluding hydrogens is 372 g/mol. The molecule has 0 radical (unpaired) electrons. The third-order valence-corrected chi connectivity index (χ3v) is 8.65. The number of hydrogen-bond acceptors (Lipinski definition) is 6. The van der Waals surface area contributed by atoms with Crippen molar-refractivity contribution in [2.24, 2.45) is 34.5 Å². The number of rotatable bonds is 3. The van der Waals surface area contributed by atoms with Crippen LogP contribution in [0.4, 0.5) is 0 Å². The van der Waals surface area contributed by atoms with Gasteiger partial charge in [0, 0.05) is 29.6 Å². The summed E-state index contributed by atoms with van der Waals surface area (Å²) in [5, 5.41) is 11.1. The molecule has 0 amide bonds. The van der Waals surface area contributed by atoms with Gasteiger partial charge in [-0.05, 0) is 56.1 Å². The summed E-state index contributed by atoms with van der Waals surface area (Å²) >= 11 is 0. The van der Waals surface area contributed by atoms with Gasteiger partial charge in [0.25, 0.3) is 0 Å². The number of hydrogen-bond donors (Lipinski definition) is 1. The largest absolute Gasteiger partial charge is 0.458 e. The Bertz CT molecular complexity index is 842. The van der Waals surface area contributed by atoms with Crippen molar-refractivity contribution in [3.05, 3.63) is 23.8 Å². The zero-order valence-electron chi connectivity index (χ0n) is 16.9. The fraction of sp³-hybridized carbons (Fsp3) is 0.696. The van der Waals surface area contributed by atoms with E-state index in [9.17, 15) is 19.5 Å². The molecule has 8 atom stereocenters. The normalized spacial score (nSPS) is 47.1. The summed E-state index contributed by atoms with van der Waals surface area (Å²) in [6, 6.07) is 0. The van der Waals surface area contributed by atoms with Gasteiger partial charge in [0.15, 0.2) is 17.9 Å². The highest BCUT2D eigenvalue weighted by molar-refractivity contribution is 6.01. The van der Waals surface area contributed by atoms with Crippen LogP contribution in [-0.2, 0) is 23.9 Å². The van der Waals surface area contributed by atoms with Crippen molar-refractivity contribution in [3.8, 4) is 0 Å². The average Bonchev–Trinajstić information content (AvgIpc) is 3.19. The van der Waals surface area contributed by atoms with Crippen molar-refractivity contribution in [1.82, 2.24) is 0 Å². The van der Waals surface area contributed by atoms with Gasteiger partial charge in [-0.15, -0.1) is 0 Å². The topological polar surface area (TPSA) is 89.9 Å². The van der Waals surface area contributed by atoms with E-state index in [0.29, 0.717) is 18.8 Å². The molecule has 1 N–H and O–H groups in total. The van der Waals surface area contributed by atoms with E-state index < -0.39 is 17.7 Å². The SMILES string of the molecule is CC(=O)OCC(=O)[C@H]1CC[C@@H]2[C@@H]3CCC4=CC(=O)C=C[C@]4(C)[C@@H]3[C@@H]3C[C@]12[C@H](O)O3. The number of Topliss-reactive ketones (excluding diaryl/α,β-unsaturated/α-hetero) is 1. The maximum Gasteiger partial charge on any atom is 0.303 e. The molecule has 0 unspecified atom stereocenters. The first-order valence-electron chi connectivity index (χ1n) is 10.7. The van der Waals surface area contributed by atoms with Crippen LogP contribution in [-0.4, -0.2) is 41.6 Å². The molecule has 0 aromatic carbocycles. The molecule has 2 bridgehead atoms. The Labute approximate surface area is 170 Å². The molecule has 6 heteroatoms. The third-order valence-electron chi connectivity index (χ3n) is 8.65. The number of carbonyl (C=O) groups is 3. The third kappa shape index (κ3) is 2.51. The minimum Gasteiger partial charge on any atom is -0.458 e. The fourth-order valence-corrected chi connectivity index (χ4v) is 7.60. The Morgan fingerprint density at radius 1 is 1.31 bits per heavy atom. The summed E-state index contributed by atoms with van der Waals surface area (Å²) in [6.45, 7) is 3.27. The van der Waals surface area contributed by atoms with E-state index in [1.54, 1.807) is 12.2 Å². The van der Waals surface area contributed by atoms with Crippen LogP contribution in [0.15, 0.2) is 23.8 Å². The highest BCUT2D eigenvalue weighted by atomic mass is 16.6. The summed E-state index contributed by atoms with van der Waals surface area (Å²) in [5.74, 6) is -0.103. The van der Waals surface area contributed by atoms with Gasteiger partial charge in [0.05, 0.1) is 6.10 Å². The van der Waals surface area contributed by atoms with Crippen molar-refractivity contribution in [3.63, 3.8) is 0 Å². The van der Waals surface area contributed by atoms with Crippen molar-refractivity contribution in [2.45, 2.75) is 58.3 Å². The molecule has 1 spiro atoms. The van der Waals surface area contributed by atoms with Crippen molar-refractivity contribution in [2.75, 3.05) is 6.61 Å². The van der Waals surface area contributed by atoms with Crippen LogP contribution in [0.1, 0.15) is 46.0 Å². The molecule has 1 aliphatic heterocycles. The van der Waals surface area contributed by atoms with Crippen molar-refractivity contribution < 1.29 is 29.0 Å². The van der Waals surface area contributed by atoms with Gasteiger partial charge < -0.3 is 14.6 Å². The Hall–Kier alpha value is -1.79. The maximum absolute atomic E-state index is 12.9. The summed E-state index contributed by atoms with van der Waals surface area (Å²) in [7, 11) is 0. The predicted molar refractivity (Wildman–Crippen MR) is 102 cm³/mol. The molecule has 1 heterocycles. The second-order valence-corrected chi connectivity index (χ2v) is 9.74. The first-order chi connectivity index (χ1) is 13.8. The Kier molecular flexibility index (Phi) is 4.20. The monoisotopic (exact) mass is 400 g/mol. The second-order valence-electron chi connectivity index (χ2n) is 9.74. The molecule has 6 nitrogen and oxygen atoms in total. The Morgan fingerprint density at radius 2 is 2.10 bits per heavy atom. The Balaban J connectivity index is 1.49. The zero-order valence-corrected chi connectivity index (χ0v) is 16.9. The minimum absolute atomic E-state index is 0.0467. The number of ketones is 2. The lowest BCUT2D eigenvalue weighted by Gasteiger charge is -2.56. The second kappa shape index (κ2) is 6.35. The number of ether oxygens (including phenoxy) is 2. The van der Waals surface area contributed by atoms with Gasteiger partial charge in [0.1, 0.15) is 6.61 Å². The van der Waals surface area contributed by atoms with Crippen LogP contribution in [0.25, 0.3) is 0 Å². The molecule has 0 aromatic heterocycles.